The Balaban J connectivity index is 1.68. The highest BCUT2D eigenvalue weighted by atomic mass is 16.6. The zero-order valence-electron chi connectivity index (χ0n) is 18.1. The number of urea groups is 1. The van der Waals surface area contributed by atoms with Gasteiger partial charge in [-0.2, -0.15) is 0 Å². The summed E-state index contributed by atoms with van der Waals surface area (Å²) in [4.78, 5) is 47.0. The minimum Gasteiger partial charge on any atom is -0.479 e. The first-order chi connectivity index (χ1) is 16.2. The summed E-state index contributed by atoms with van der Waals surface area (Å²) in [5.74, 6) is -1.91. The number of nitrogens with zero attached hydrogens (tertiary/aromatic N) is 1. The molecule has 0 aromatic heterocycles. The third-order valence-corrected chi connectivity index (χ3v) is 4.88. The number of nitro benzene ring substituents is 1. The number of nitrogens with one attached hydrogen (secondary N) is 3. The number of carboxylic acids is 1. The molecular weight excluding hydrogens is 440 g/mol. The van der Waals surface area contributed by atoms with Gasteiger partial charge in [-0.25, -0.2) is 9.59 Å². The van der Waals surface area contributed by atoms with Crippen LogP contribution in [0.5, 0.6) is 0 Å². The van der Waals surface area contributed by atoms with E-state index in [1.807, 2.05) is 25.1 Å². The highest BCUT2D eigenvalue weighted by Gasteiger charge is 2.23. The van der Waals surface area contributed by atoms with Crippen LogP contribution in [-0.2, 0) is 16.0 Å². The Kier molecular flexibility index (Phi) is 7.55. The van der Waals surface area contributed by atoms with Gasteiger partial charge in [-0.05, 0) is 53.9 Å². The van der Waals surface area contributed by atoms with E-state index < -0.39 is 28.9 Å². The molecule has 0 heterocycles. The van der Waals surface area contributed by atoms with Gasteiger partial charge in [0.15, 0.2) is 6.04 Å². The molecule has 0 spiro atoms. The molecule has 0 bridgehead atoms. The van der Waals surface area contributed by atoms with Gasteiger partial charge in [-0.3, -0.25) is 14.9 Å². The lowest BCUT2D eigenvalue weighted by molar-refractivity contribution is -0.384. The monoisotopic (exact) mass is 462 g/mol. The van der Waals surface area contributed by atoms with E-state index in [1.165, 1.54) is 24.3 Å². The normalized spacial score (nSPS) is 11.2. The lowest BCUT2D eigenvalue weighted by atomic mass is 10.0. The first-order valence-corrected chi connectivity index (χ1v) is 10.2. The molecule has 3 amide bonds. The predicted molar refractivity (Wildman–Crippen MR) is 126 cm³/mol. The van der Waals surface area contributed by atoms with Crippen molar-refractivity contribution < 1.29 is 24.4 Å². The van der Waals surface area contributed by atoms with Crippen LogP contribution in [0.15, 0.2) is 72.8 Å². The van der Waals surface area contributed by atoms with Crippen LogP contribution in [0.4, 0.5) is 21.9 Å². The molecule has 0 saturated heterocycles. The van der Waals surface area contributed by atoms with Crippen molar-refractivity contribution in [1.82, 2.24) is 5.32 Å². The molecule has 0 fully saturated rings. The number of carboxylic acid groups (broad SMARTS) is 1. The van der Waals surface area contributed by atoms with Crippen molar-refractivity contribution in [3.63, 3.8) is 0 Å². The zero-order chi connectivity index (χ0) is 24.7. The second kappa shape index (κ2) is 10.7. The third kappa shape index (κ3) is 6.39. The Morgan fingerprint density at radius 1 is 0.971 bits per heavy atom. The summed E-state index contributed by atoms with van der Waals surface area (Å²) in [6, 6.07) is 16.9. The highest BCUT2D eigenvalue weighted by Crippen LogP contribution is 2.20. The van der Waals surface area contributed by atoms with Crippen LogP contribution in [0.1, 0.15) is 22.7 Å². The summed E-state index contributed by atoms with van der Waals surface area (Å²) < 4.78 is 0. The number of carbonyl (C=O) groups is 3. The van der Waals surface area contributed by atoms with E-state index >= 15 is 0 Å². The van der Waals surface area contributed by atoms with Crippen LogP contribution >= 0.6 is 0 Å². The maximum atomic E-state index is 12.6. The van der Waals surface area contributed by atoms with Gasteiger partial charge < -0.3 is 21.1 Å². The minimum atomic E-state index is -1.39. The molecule has 3 aromatic rings. The summed E-state index contributed by atoms with van der Waals surface area (Å²) >= 11 is 0. The summed E-state index contributed by atoms with van der Waals surface area (Å²) in [6.07, 6.45) is -0.197. The first kappa shape index (κ1) is 23.9. The summed E-state index contributed by atoms with van der Waals surface area (Å²) in [7, 11) is 0. The molecular formula is C24H22N4O6. The number of rotatable bonds is 8. The molecule has 0 aliphatic rings. The van der Waals surface area contributed by atoms with Crippen molar-refractivity contribution in [1.29, 1.82) is 0 Å². The number of carbonyl (C=O) groups excluding carboxylic acids is 2. The van der Waals surface area contributed by atoms with Crippen LogP contribution in [0.2, 0.25) is 0 Å². The number of anilines is 2. The van der Waals surface area contributed by atoms with Crippen molar-refractivity contribution in [2.24, 2.45) is 0 Å². The number of nitro groups is 1. The van der Waals surface area contributed by atoms with Gasteiger partial charge in [0, 0.05) is 23.5 Å². The van der Waals surface area contributed by atoms with Crippen LogP contribution in [0.3, 0.4) is 0 Å². The Labute approximate surface area is 194 Å². The molecule has 10 heteroatoms. The van der Waals surface area contributed by atoms with Gasteiger partial charge in [-0.1, -0.05) is 30.3 Å². The Morgan fingerprint density at radius 3 is 2.32 bits per heavy atom. The van der Waals surface area contributed by atoms with E-state index in [9.17, 15) is 29.6 Å². The van der Waals surface area contributed by atoms with E-state index in [-0.39, 0.29) is 17.7 Å². The molecule has 1 atom stereocenters. The van der Waals surface area contributed by atoms with E-state index in [0.717, 1.165) is 5.56 Å². The van der Waals surface area contributed by atoms with Gasteiger partial charge in [0.05, 0.1) is 11.3 Å². The number of aryl methyl sites for hydroxylation is 1. The standard InChI is InChI=1S/C24H22N4O6/c1-15-5-4-7-18(13-15)25-24(32)26-20-8-3-2-6-17(20)14-21(29)27-22(23(30)31)16-9-11-19(12-10-16)28(33)34/h2-13,22H,14H2,1H3,(H,27,29)(H,30,31)(H2,25,26,32). The van der Waals surface area contributed by atoms with E-state index in [1.54, 1.807) is 30.3 Å². The van der Waals surface area contributed by atoms with E-state index in [2.05, 4.69) is 16.0 Å². The molecule has 0 aliphatic heterocycles. The van der Waals surface area contributed by atoms with Gasteiger partial charge in [-0.15, -0.1) is 0 Å². The van der Waals surface area contributed by atoms with Crippen LogP contribution < -0.4 is 16.0 Å². The average Bonchev–Trinajstić information content (AvgIpc) is 2.78. The minimum absolute atomic E-state index is 0.190. The van der Waals surface area contributed by atoms with Crippen LogP contribution in [0.25, 0.3) is 0 Å². The topological polar surface area (TPSA) is 151 Å². The summed E-state index contributed by atoms with van der Waals surface area (Å²) in [5.41, 5.74) is 2.46. The largest absolute Gasteiger partial charge is 0.479 e. The maximum Gasteiger partial charge on any atom is 0.330 e. The smallest absolute Gasteiger partial charge is 0.330 e. The second-order valence-corrected chi connectivity index (χ2v) is 7.47. The second-order valence-electron chi connectivity index (χ2n) is 7.47. The molecule has 1 unspecified atom stereocenters. The Bertz CT molecular complexity index is 1230. The fourth-order valence-corrected chi connectivity index (χ4v) is 3.27. The molecule has 3 rings (SSSR count). The molecule has 0 radical (unpaired) electrons. The highest BCUT2D eigenvalue weighted by molar-refractivity contribution is 6.00. The fraction of sp³-hybridized carbons (Fsp3) is 0.125. The number of non-ortho nitro benzene ring substituents is 1. The summed E-state index contributed by atoms with van der Waals surface area (Å²) in [6.45, 7) is 1.90. The summed E-state index contributed by atoms with van der Waals surface area (Å²) in [5, 5.41) is 28.2. The number of amides is 3. The fourth-order valence-electron chi connectivity index (χ4n) is 3.27. The maximum absolute atomic E-state index is 12.6. The van der Waals surface area contributed by atoms with E-state index in [0.29, 0.717) is 16.9 Å². The van der Waals surface area contributed by atoms with Gasteiger partial charge in [0.1, 0.15) is 0 Å². The third-order valence-electron chi connectivity index (χ3n) is 4.88. The van der Waals surface area contributed by atoms with Crippen molar-refractivity contribution in [3.8, 4) is 0 Å². The van der Waals surface area contributed by atoms with Crippen molar-refractivity contribution in [3.05, 3.63) is 99.6 Å². The molecule has 174 valence electrons. The van der Waals surface area contributed by atoms with Crippen LogP contribution in [0, 0.1) is 17.0 Å². The van der Waals surface area contributed by atoms with Gasteiger partial charge in [0.25, 0.3) is 5.69 Å². The van der Waals surface area contributed by atoms with Crippen LogP contribution in [-0.4, -0.2) is 27.9 Å². The average molecular weight is 462 g/mol. The van der Waals surface area contributed by atoms with Crippen molar-refractivity contribution >= 4 is 35.0 Å². The molecule has 34 heavy (non-hydrogen) atoms. The number of aliphatic carboxylic acids is 1. The Morgan fingerprint density at radius 2 is 1.68 bits per heavy atom. The number of hydrogen-bond donors (Lipinski definition) is 4. The van der Waals surface area contributed by atoms with Gasteiger partial charge >= 0.3 is 12.0 Å². The molecule has 3 aromatic carbocycles. The number of benzene rings is 3. The molecule has 0 saturated carbocycles. The lowest BCUT2D eigenvalue weighted by Crippen LogP contribution is -2.35. The molecule has 10 nitrogen and oxygen atoms in total. The van der Waals surface area contributed by atoms with Crippen molar-refractivity contribution in [2.75, 3.05) is 10.6 Å². The van der Waals surface area contributed by atoms with Crippen molar-refractivity contribution in [2.45, 2.75) is 19.4 Å². The Hall–Kier alpha value is -4.73. The number of hydrogen-bond acceptors (Lipinski definition) is 5. The SMILES string of the molecule is Cc1cccc(NC(=O)Nc2ccccc2CC(=O)NC(C(=O)O)c2ccc([N+](=O)[O-])cc2)c1. The van der Waals surface area contributed by atoms with Gasteiger partial charge in [0.2, 0.25) is 5.91 Å². The molecule has 4 N–H and O–H groups in total. The molecule has 0 aliphatic carbocycles. The lowest BCUT2D eigenvalue weighted by Gasteiger charge is -2.16. The predicted octanol–water partition coefficient (Wildman–Crippen LogP) is 4.03. The first-order valence-electron chi connectivity index (χ1n) is 10.2. The van der Waals surface area contributed by atoms with E-state index in [4.69, 9.17) is 0 Å². The zero-order valence-corrected chi connectivity index (χ0v) is 18.1. The number of para-hydroxylation sites is 1. The quantitative estimate of drug-likeness (QED) is 0.293.